The van der Waals surface area contributed by atoms with Crippen molar-refractivity contribution in [2.75, 3.05) is 13.2 Å². The Morgan fingerprint density at radius 1 is 0.333 bits per heavy atom. The van der Waals surface area contributed by atoms with Crippen LogP contribution in [0.1, 0.15) is 258 Å². The van der Waals surface area contributed by atoms with E-state index in [2.05, 4.69) is 69.4 Å². The molecule has 0 heterocycles. The van der Waals surface area contributed by atoms with E-state index in [1.165, 1.54) is 135 Å². The summed E-state index contributed by atoms with van der Waals surface area (Å²) in [7, 11) is 0. The van der Waals surface area contributed by atoms with Crippen LogP contribution in [0.15, 0.2) is 48.6 Å². The van der Waals surface area contributed by atoms with Crippen LogP contribution < -0.4 is 0 Å². The predicted octanol–water partition coefficient (Wildman–Crippen LogP) is 16.7. The second kappa shape index (κ2) is 49.0. The van der Waals surface area contributed by atoms with Gasteiger partial charge < -0.3 is 14.2 Å². The van der Waals surface area contributed by atoms with Crippen molar-refractivity contribution < 1.29 is 28.6 Å². The molecule has 6 nitrogen and oxygen atoms in total. The molecule has 0 fully saturated rings. The summed E-state index contributed by atoms with van der Waals surface area (Å²) in [5.74, 6) is -0.898. The summed E-state index contributed by atoms with van der Waals surface area (Å²) < 4.78 is 16.7. The molecule has 1 unspecified atom stereocenters. The van der Waals surface area contributed by atoms with Crippen molar-refractivity contribution in [3.8, 4) is 0 Å². The van der Waals surface area contributed by atoms with Gasteiger partial charge in [-0.15, -0.1) is 0 Å². The first kappa shape index (κ1) is 57.4. The first-order valence-electron chi connectivity index (χ1n) is 25.6. The number of rotatable bonds is 46. The monoisotopic (exact) mass is 841 g/mol. The Kier molecular flexibility index (Phi) is 46.9. The molecule has 348 valence electrons. The van der Waals surface area contributed by atoms with Gasteiger partial charge in [0.2, 0.25) is 0 Å². The van der Waals surface area contributed by atoms with Gasteiger partial charge in [-0.3, -0.25) is 14.4 Å². The molecule has 0 saturated carbocycles. The topological polar surface area (TPSA) is 78.9 Å². The second-order valence-electron chi connectivity index (χ2n) is 17.1. The third-order valence-electron chi connectivity index (χ3n) is 11.1. The van der Waals surface area contributed by atoms with Crippen LogP contribution in [-0.4, -0.2) is 37.2 Å². The molecule has 0 aromatic rings. The van der Waals surface area contributed by atoms with E-state index in [1.54, 1.807) is 0 Å². The lowest BCUT2D eigenvalue weighted by Gasteiger charge is -2.18. The fourth-order valence-corrected chi connectivity index (χ4v) is 7.15. The average molecular weight is 841 g/mol. The first-order valence-corrected chi connectivity index (χ1v) is 25.6. The molecular weight excluding hydrogens is 745 g/mol. The predicted molar refractivity (Wildman–Crippen MR) is 256 cm³/mol. The van der Waals surface area contributed by atoms with Gasteiger partial charge in [-0.2, -0.15) is 0 Å². The lowest BCUT2D eigenvalue weighted by molar-refractivity contribution is -0.167. The molecule has 60 heavy (non-hydrogen) atoms. The van der Waals surface area contributed by atoms with Gasteiger partial charge in [0.05, 0.1) is 0 Å². The van der Waals surface area contributed by atoms with E-state index >= 15 is 0 Å². The van der Waals surface area contributed by atoms with Gasteiger partial charge in [0.25, 0.3) is 0 Å². The first-order chi connectivity index (χ1) is 29.5. The third kappa shape index (κ3) is 46.4. The van der Waals surface area contributed by atoms with Crippen LogP contribution in [-0.2, 0) is 28.6 Å². The van der Waals surface area contributed by atoms with Crippen molar-refractivity contribution in [3.05, 3.63) is 48.6 Å². The minimum atomic E-state index is -0.774. The molecule has 0 aliphatic heterocycles. The Bertz CT molecular complexity index is 1060. The van der Waals surface area contributed by atoms with Crippen LogP contribution in [0.2, 0.25) is 0 Å². The van der Waals surface area contributed by atoms with Gasteiger partial charge in [-0.05, 0) is 83.5 Å². The van der Waals surface area contributed by atoms with E-state index in [9.17, 15) is 14.4 Å². The van der Waals surface area contributed by atoms with Crippen molar-refractivity contribution >= 4 is 17.9 Å². The maximum Gasteiger partial charge on any atom is 0.306 e. The van der Waals surface area contributed by atoms with Crippen molar-refractivity contribution in [2.45, 2.75) is 264 Å². The normalized spacial score (nSPS) is 12.4. The fourth-order valence-electron chi connectivity index (χ4n) is 7.15. The molecule has 0 aliphatic carbocycles. The number of esters is 3. The zero-order chi connectivity index (χ0) is 43.7. The summed E-state index contributed by atoms with van der Waals surface area (Å²) in [5, 5.41) is 0. The molecule has 0 amide bonds. The molecule has 0 bridgehead atoms. The molecule has 6 heteroatoms. The smallest absolute Gasteiger partial charge is 0.306 e. The zero-order valence-corrected chi connectivity index (χ0v) is 39.7. The lowest BCUT2D eigenvalue weighted by Crippen LogP contribution is -2.30. The highest BCUT2D eigenvalue weighted by Crippen LogP contribution is 2.14. The maximum atomic E-state index is 12.7. The Labute approximate surface area is 371 Å². The largest absolute Gasteiger partial charge is 0.462 e. The minimum absolute atomic E-state index is 0.0780. The number of carbonyl (C=O) groups is 3. The van der Waals surface area contributed by atoms with Gasteiger partial charge in [-0.1, -0.05) is 204 Å². The summed E-state index contributed by atoms with van der Waals surface area (Å²) in [6, 6.07) is 0. The molecular formula is C54H96O6. The molecule has 0 aromatic heterocycles. The summed E-state index contributed by atoms with van der Waals surface area (Å²) in [5.41, 5.74) is 0. The van der Waals surface area contributed by atoms with E-state index in [-0.39, 0.29) is 31.1 Å². The van der Waals surface area contributed by atoms with Gasteiger partial charge >= 0.3 is 17.9 Å². The molecule has 0 aliphatic rings. The number of hydrogen-bond acceptors (Lipinski definition) is 6. The Hall–Kier alpha value is -2.63. The van der Waals surface area contributed by atoms with Crippen LogP contribution in [0.3, 0.4) is 0 Å². The van der Waals surface area contributed by atoms with Crippen molar-refractivity contribution in [1.29, 1.82) is 0 Å². The Balaban J connectivity index is 4.17. The van der Waals surface area contributed by atoms with Gasteiger partial charge in [0.1, 0.15) is 13.2 Å². The summed E-state index contributed by atoms with van der Waals surface area (Å²) in [6.07, 6.45) is 58.4. The molecule has 0 radical (unpaired) electrons. The highest BCUT2D eigenvalue weighted by Gasteiger charge is 2.19. The minimum Gasteiger partial charge on any atom is -0.462 e. The average Bonchev–Trinajstić information content (AvgIpc) is 3.24. The SMILES string of the molecule is CCCCC/C=C\C/C=C\CCCCCCCCCCCC(=O)OCC(COC(=O)CCCCCCC)OC(=O)CCCCCCCCC/C=C\C/C=C\CCCCCC. The Morgan fingerprint density at radius 2 is 0.600 bits per heavy atom. The molecule has 0 N–H and O–H groups in total. The maximum absolute atomic E-state index is 12.7. The summed E-state index contributed by atoms with van der Waals surface area (Å²) in [6.45, 7) is 6.51. The summed E-state index contributed by atoms with van der Waals surface area (Å²) >= 11 is 0. The van der Waals surface area contributed by atoms with E-state index < -0.39 is 6.10 Å². The van der Waals surface area contributed by atoms with Gasteiger partial charge in [0.15, 0.2) is 6.10 Å². The van der Waals surface area contributed by atoms with Gasteiger partial charge in [0, 0.05) is 19.3 Å². The third-order valence-corrected chi connectivity index (χ3v) is 11.1. The number of unbranched alkanes of at least 4 members (excludes halogenated alkanes) is 27. The molecule has 0 saturated heterocycles. The molecule has 0 spiro atoms. The van der Waals surface area contributed by atoms with E-state index in [0.29, 0.717) is 19.3 Å². The van der Waals surface area contributed by atoms with Crippen molar-refractivity contribution in [1.82, 2.24) is 0 Å². The highest BCUT2D eigenvalue weighted by atomic mass is 16.6. The molecule has 1 atom stereocenters. The summed E-state index contributed by atoms with van der Waals surface area (Å²) in [4.78, 5) is 37.7. The van der Waals surface area contributed by atoms with Crippen LogP contribution in [0, 0.1) is 0 Å². The van der Waals surface area contributed by atoms with Crippen LogP contribution in [0.25, 0.3) is 0 Å². The standard InChI is InChI=1S/C54H96O6/c1-4-7-10-13-15-17-19-21-23-25-27-29-30-32-34-36-38-41-44-47-53(56)59-50-51(49-58-52(55)46-43-40-12-9-6-3)60-54(57)48-45-42-39-37-35-33-31-28-26-24-22-20-18-16-14-11-8-5-2/h15,17-18,20-21,23-24,26,51H,4-14,16,19,22,25,27-50H2,1-3H3/b17-15-,20-18-,23-21-,26-24-. The van der Waals surface area contributed by atoms with Crippen molar-refractivity contribution in [3.63, 3.8) is 0 Å². The van der Waals surface area contributed by atoms with Crippen LogP contribution >= 0.6 is 0 Å². The zero-order valence-electron chi connectivity index (χ0n) is 39.7. The van der Waals surface area contributed by atoms with E-state index in [1.807, 2.05) is 0 Å². The Morgan fingerprint density at radius 3 is 0.967 bits per heavy atom. The van der Waals surface area contributed by atoms with Crippen LogP contribution in [0.5, 0.6) is 0 Å². The van der Waals surface area contributed by atoms with E-state index in [4.69, 9.17) is 14.2 Å². The quantitative estimate of drug-likeness (QED) is 0.0263. The van der Waals surface area contributed by atoms with Gasteiger partial charge in [-0.25, -0.2) is 0 Å². The highest BCUT2D eigenvalue weighted by molar-refractivity contribution is 5.71. The molecule has 0 rings (SSSR count). The number of allylic oxidation sites excluding steroid dienone is 8. The lowest BCUT2D eigenvalue weighted by atomic mass is 10.1. The second-order valence-corrected chi connectivity index (χ2v) is 17.1. The number of hydrogen-bond donors (Lipinski definition) is 0. The van der Waals surface area contributed by atoms with E-state index in [0.717, 1.165) is 83.5 Å². The van der Waals surface area contributed by atoms with Crippen LogP contribution in [0.4, 0.5) is 0 Å². The number of ether oxygens (including phenoxy) is 3. The van der Waals surface area contributed by atoms with Crippen molar-refractivity contribution in [2.24, 2.45) is 0 Å². The fraction of sp³-hybridized carbons (Fsp3) is 0.796. The molecule has 0 aromatic carbocycles. The number of carbonyl (C=O) groups excluding carboxylic acids is 3.